The maximum atomic E-state index is 13.0. The normalized spacial score (nSPS) is 11.9. The molecule has 0 atom stereocenters. The van der Waals surface area contributed by atoms with Crippen LogP contribution >= 0.6 is 0 Å². The van der Waals surface area contributed by atoms with Crippen molar-refractivity contribution < 1.29 is 18.3 Å². The van der Waals surface area contributed by atoms with Crippen LogP contribution < -0.4 is 4.74 Å². The molecular weight excluding hydrogens is 282 g/mol. The van der Waals surface area contributed by atoms with Crippen molar-refractivity contribution in [3.63, 3.8) is 0 Å². The number of rotatable bonds is 4. The van der Waals surface area contributed by atoms with E-state index in [0.29, 0.717) is 23.4 Å². The number of carbonyl (C=O) groups excluding carboxylic acids is 1. The third-order valence-electron chi connectivity index (χ3n) is 2.96. The standard InChI is InChI=1S/C14H14F2N2O3/c1-7(2)10-6-9(21-14(3,15)16)4-8-5-11(13(19)18-20)17-12(8)10/h4-7,17H,1-3H3. The molecule has 21 heavy (non-hydrogen) atoms. The Kier molecular flexibility index (Phi) is 3.76. The van der Waals surface area contributed by atoms with E-state index in [0.717, 1.165) is 0 Å². The summed E-state index contributed by atoms with van der Waals surface area (Å²) >= 11 is 0. The molecule has 1 amide bonds. The highest BCUT2D eigenvalue weighted by Gasteiger charge is 2.24. The molecule has 1 aromatic heterocycles. The van der Waals surface area contributed by atoms with Crippen LogP contribution in [0.3, 0.4) is 0 Å². The number of amides is 1. The third kappa shape index (κ3) is 3.24. The van der Waals surface area contributed by atoms with Crippen molar-refractivity contribution in [2.24, 2.45) is 5.18 Å². The highest BCUT2D eigenvalue weighted by Crippen LogP contribution is 2.32. The van der Waals surface area contributed by atoms with Gasteiger partial charge in [0.2, 0.25) is 0 Å². The van der Waals surface area contributed by atoms with Gasteiger partial charge in [0.15, 0.2) is 0 Å². The van der Waals surface area contributed by atoms with E-state index in [2.05, 4.69) is 14.9 Å². The van der Waals surface area contributed by atoms with Crippen molar-refractivity contribution in [3.05, 3.63) is 34.4 Å². The summed E-state index contributed by atoms with van der Waals surface area (Å²) < 4.78 is 30.6. The molecule has 1 N–H and O–H groups in total. The van der Waals surface area contributed by atoms with Crippen molar-refractivity contribution in [2.45, 2.75) is 32.8 Å². The van der Waals surface area contributed by atoms with Crippen LogP contribution in [0.1, 0.15) is 42.7 Å². The molecule has 0 spiro atoms. The number of benzene rings is 1. The van der Waals surface area contributed by atoms with Crippen molar-refractivity contribution >= 4 is 16.8 Å². The number of halogens is 2. The largest absolute Gasteiger partial charge is 0.433 e. The van der Waals surface area contributed by atoms with Gasteiger partial charge in [-0.15, -0.1) is 4.91 Å². The van der Waals surface area contributed by atoms with Gasteiger partial charge >= 0.3 is 12.0 Å². The first-order valence-corrected chi connectivity index (χ1v) is 6.32. The molecule has 0 bridgehead atoms. The lowest BCUT2D eigenvalue weighted by molar-refractivity contribution is -0.158. The molecule has 0 aliphatic heterocycles. The molecule has 0 saturated carbocycles. The molecule has 0 aliphatic rings. The number of H-pyrrole nitrogens is 1. The minimum absolute atomic E-state index is 0.00392. The summed E-state index contributed by atoms with van der Waals surface area (Å²) in [4.78, 5) is 24.4. The smallest absolute Gasteiger partial charge is 0.394 e. The Labute approximate surface area is 119 Å². The van der Waals surface area contributed by atoms with Crippen molar-refractivity contribution in [1.29, 1.82) is 0 Å². The number of aromatic amines is 1. The summed E-state index contributed by atoms with van der Waals surface area (Å²) in [6.45, 7) is 4.40. The lowest BCUT2D eigenvalue weighted by atomic mass is 10.0. The molecule has 0 saturated heterocycles. The van der Waals surface area contributed by atoms with Gasteiger partial charge in [-0.2, -0.15) is 8.78 Å². The fraction of sp³-hybridized carbons (Fsp3) is 0.357. The first-order valence-electron chi connectivity index (χ1n) is 6.32. The van der Waals surface area contributed by atoms with E-state index < -0.39 is 12.0 Å². The summed E-state index contributed by atoms with van der Waals surface area (Å²) in [7, 11) is 0. The molecule has 0 fully saturated rings. The van der Waals surface area contributed by atoms with Crippen LogP contribution in [0.5, 0.6) is 5.75 Å². The van der Waals surface area contributed by atoms with Crippen LogP contribution in [0.2, 0.25) is 0 Å². The molecule has 2 rings (SSSR count). The second-order valence-corrected chi connectivity index (χ2v) is 5.12. The number of aromatic nitrogens is 1. The second kappa shape index (κ2) is 5.23. The van der Waals surface area contributed by atoms with Crippen molar-refractivity contribution in [1.82, 2.24) is 4.98 Å². The van der Waals surface area contributed by atoms with E-state index in [9.17, 15) is 18.5 Å². The number of alkyl halides is 2. The van der Waals surface area contributed by atoms with Gasteiger partial charge in [-0.1, -0.05) is 13.8 Å². The number of nitroso groups, excluding NO2 is 1. The fourth-order valence-corrected chi connectivity index (χ4v) is 2.13. The lowest BCUT2D eigenvalue weighted by Gasteiger charge is -2.15. The number of nitrogens with one attached hydrogen (secondary N) is 1. The number of ether oxygens (including phenoxy) is 1. The Morgan fingerprint density at radius 1 is 1.33 bits per heavy atom. The Morgan fingerprint density at radius 2 is 2.00 bits per heavy atom. The Hall–Kier alpha value is -2.31. The van der Waals surface area contributed by atoms with Gasteiger partial charge in [0.25, 0.3) is 0 Å². The molecule has 0 radical (unpaired) electrons. The number of nitrogens with zero attached hydrogens (tertiary/aromatic N) is 1. The van der Waals surface area contributed by atoms with E-state index in [-0.39, 0.29) is 17.4 Å². The lowest BCUT2D eigenvalue weighted by Crippen LogP contribution is -2.19. The van der Waals surface area contributed by atoms with Crippen molar-refractivity contribution in [2.75, 3.05) is 0 Å². The molecule has 2 aromatic rings. The Bertz CT molecular complexity index is 702. The SMILES string of the molecule is CC(C)c1cc(OC(C)(F)F)cc2cc(C(=O)N=O)[nH]c12. The van der Waals surface area contributed by atoms with Gasteiger partial charge in [0.05, 0.1) is 0 Å². The highest BCUT2D eigenvalue weighted by molar-refractivity contribution is 5.99. The zero-order valence-corrected chi connectivity index (χ0v) is 11.7. The van der Waals surface area contributed by atoms with Gasteiger partial charge < -0.3 is 9.72 Å². The van der Waals surface area contributed by atoms with Crippen molar-refractivity contribution in [3.8, 4) is 5.75 Å². The first-order chi connectivity index (χ1) is 9.71. The number of hydrogen-bond donors (Lipinski definition) is 1. The Balaban J connectivity index is 2.61. The zero-order valence-electron chi connectivity index (χ0n) is 11.7. The van der Waals surface area contributed by atoms with Crippen LogP contribution in [-0.2, 0) is 0 Å². The third-order valence-corrected chi connectivity index (χ3v) is 2.96. The molecule has 112 valence electrons. The molecule has 0 unspecified atom stereocenters. The summed E-state index contributed by atoms with van der Waals surface area (Å²) in [5.74, 6) is -0.938. The topological polar surface area (TPSA) is 71.5 Å². The maximum absolute atomic E-state index is 13.0. The quantitative estimate of drug-likeness (QED) is 0.860. The van der Waals surface area contributed by atoms with Gasteiger partial charge in [0, 0.05) is 23.0 Å². The summed E-state index contributed by atoms with van der Waals surface area (Å²) in [5.41, 5.74) is 1.32. The van der Waals surface area contributed by atoms with Crippen LogP contribution in [0.4, 0.5) is 8.78 Å². The molecule has 0 aliphatic carbocycles. The number of hydrogen-bond acceptors (Lipinski definition) is 3. The average molecular weight is 296 g/mol. The highest BCUT2D eigenvalue weighted by atomic mass is 19.3. The Morgan fingerprint density at radius 3 is 2.52 bits per heavy atom. The molecule has 5 nitrogen and oxygen atoms in total. The zero-order chi connectivity index (χ0) is 15.8. The second-order valence-electron chi connectivity index (χ2n) is 5.12. The first kappa shape index (κ1) is 15.1. The molecular formula is C14H14F2N2O3. The van der Waals surface area contributed by atoms with Crippen LogP contribution in [0.25, 0.3) is 10.9 Å². The average Bonchev–Trinajstić information content (AvgIpc) is 2.78. The predicted octanol–water partition coefficient (Wildman–Crippen LogP) is 4.19. The number of fused-ring (bicyclic) bond motifs is 1. The fourth-order valence-electron chi connectivity index (χ4n) is 2.13. The van der Waals surface area contributed by atoms with Crippen LogP contribution in [-0.4, -0.2) is 17.0 Å². The van der Waals surface area contributed by atoms with E-state index in [1.54, 1.807) is 0 Å². The van der Waals surface area contributed by atoms with E-state index in [1.807, 2.05) is 13.8 Å². The minimum Gasteiger partial charge on any atom is -0.433 e. The van der Waals surface area contributed by atoms with Gasteiger partial charge in [-0.3, -0.25) is 4.79 Å². The van der Waals surface area contributed by atoms with E-state index >= 15 is 0 Å². The van der Waals surface area contributed by atoms with Crippen LogP contribution in [0, 0.1) is 4.91 Å². The monoisotopic (exact) mass is 296 g/mol. The van der Waals surface area contributed by atoms with Gasteiger partial charge in [-0.05, 0) is 29.7 Å². The van der Waals surface area contributed by atoms with Gasteiger partial charge in [0.1, 0.15) is 11.4 Å². The van der Waals surface area contributed by atoms with E-state index in [1.165, 1.54) is 18.2 Å². The molecule has 7 heteroatoms. The molecule has 1 heterocycles. The summed E-state index contributed by atoms with van der Waals surface area (Å²) in [6.07, 6.45) is -3.30. The van der Waals surface area contributed by atoms with Gasteiger partial charge in [-0.25, -0.2) is 0 Å². The van der Waals surface area contributed by atoms with Crippen LogP contribution in [0.15, 0.2) is 23.4 Å². The summed E-state index contributed by atoms with van der Waals surface area (Å²) in [5, 5.41) is 2.85. The maximum Gasteiger partial charge on any atom is 0.394 e. The minimum atomic E-state index is -3.30. The van der Waals surface area contributed by atoms with E-state index in [4.69, 9.17) is 0 Å². The molecule has 1 aromatic carbocycles. The summed E-state index contributed by atoms with van der Waals surface area (Å²) in [6, 6.07) is 4.27. The number of carbonyl (C=O) groups is 1. The predicted molar refractivity (Wildman–Crippen MR) is 73.8 cm³/mol.